The summed E-state index contributed by atoms with van der Waals surface area (Å²) in [4.78, 5) is 20.0. The van der Waals surface area contributed by atoms with E-state index in [1.807, 2.05) is 31.2 Å². The number of thioether (sulfide) groups is 1. The second kappa shape index (κ2) is 7.02. The van der Waals surface area contributed by atoms with Crippen LogP contribution in [-0.2, 0) is 4.79 Å². The molecule has 2 N–H and O–H groups in total. The highest BCUT2D eigenvalue weighted by Crippen LogP contribution is 2.25. The Bertz CT molecular complexity index is 1070. The molecule has 0 fully saturated rings. The lowest BCUT2D eigenvalue weighted by Gasteiger charge is -2.06. The lowest BCUT2D eigenvalue weighted by atomic mass is 10.1. The topological polar surface area (TPSA) is 57.8 Å². The predicted octanol–water partition coefficient (Wildman–Crippen LogP) is 5.41. The van der Waals surface area contributed by atoms with Crippen LogP contribution in [0.4, 0.5) is 5.69 Å². The van der Waals surface area contributed by atoms with Crippen LogP contribution in [0.3, 0.4) is 0 Å². The van der Waals surface area contributed by atoms with Crippen molar-refractivity contribution in [2.24, 2.45) is 0 Å². The van der Waals surface area contributed by atoms with Crippen molar-refractivity contribution in [2.45, 2.75) is 12.1 Å². The van der Waals surface area contributed by atoms with E-state index in [9.17, 15) is 4.79 Å². The fourth-order valence-electron chi connectivity index (χ4n) is 2.74. The first kappa shape index (κ1) is 16.9. The molecular weight excluding hydrogens is 366 g/mol. The molecule has 0 bridgehead atoms. The van der Waals surface area contributed by atoms with Crippen LogP contribution in [0.5, 0.6) is 0 Å². The number of aromatic amines is 1. The molecule has 3 aromatic carbocycles. The van der Waals surface area contributed by atoms with Crippen LogP contribution in [-0.4, -0.2) is 21.6 Å². The Kier molecular flexibility index (Phi) is 4.57. The minimum atomic E-state index is -0.0967. The molecule has 0 saturated heterocycles. The molecule has 0 saturated carbocycles. The maximum absolute atomic E-state index is 12.2. The lowest BCUT2D eigenvalue weighted by molar-refractivity contribution is -0.113. The predicted molar refractivity (Wildman–Crippen MR) is 109 cm³/mol. The molecule has 1 heterocycles. The number of aromatic nitrogens is 2. The van der Waals surface area contributed by atoms with E-state index < -0.39 is 0 Å². The van der Waals surface area contributed by atoms with Gasteiger partial charge < -0.3 is 10.3 Å². The van der Waals surface area contributed by atoms with E-state index in [0.29, 0.717) is 10.7 Å². The largest absolute Gasteiger partial charge is 0.333 e. The van der Waals surface area contributed by atoms with E-state index >= 15 is 0 Å². The Morgan fingerprint density at radius 3 is 2.69 bits per heavy atom. The molecule has 4 aromatic rings. The van der Waals surface area contributed by atoms with E-state index in [2.05, 4.69) is 39.6 Å². The number of carbonyl (C=O) groups is 1. The molecule has 0 radical (unpaired) electrons. The normalized spacial score (nSPS) is 11.2. The Morgan fingerprint density at radius 2 is 1.92 bits per heavy atom. The van der Waals surface area contributed by atoms with Gasteiger partial charge in [-0.25, -0.2) is 4.98 Å². The van der Waals surface area contributed by atoms with Gasteiger partial charge in [0.05, 0.1) is 16.8 Å². The van der Waals surface area contributed by atoms with E-state index in [1.165, 1.54) is 11.8 Å². The second-order valence-electron chi connectivity index (χ2n) is 6.06. The highest BCUT2D eigenvalue weighted by Gasteiger charge is 2.09. The third-order valence-corrected chi connectivity index (χ3v) is 5.40. The molecule has 0 atom stereocenters. The van der Waals surface area contributed by atoms with Gasteiger partial charge in [-0.3, -0.25) is 4.79 Å². The number of imidazole rings is 1. The van der Waals surface area contributed by atoms with Crippen molar-refractivity contribution in [3.8, 4) is 0 Å². The van der Waals surface area contributed by atoms with Gasteiger partial charge in [0.25, 0.3) is 0 Å². The average molecular weight is 382 g/mol. The zero-order chi connectivity index (χ0) is 18.1. The summed E-state index contributed by atoms with van der Waals surface area (Å²) in [7, 11) is 0. The van der Waals surface area contributed by atoms with Crippen molar-refractivity contribution in [1.82, 2.24) is 9.97 Å². The number of anilines is 1. The summed E-state index contributed by atoms with van der Waals surface area (Å²) in [5.41, 5.74) is 3.55. The first-order valence-corrected chi connectivity index (χ1v) is 9.52. The highest BCUT2D eigenvalue weighted by atomic mass is 35.5. The van der Waals surface area contributed by atoms with Gasteiger partial charge >= 0.3 is 0 Å². The van der Waals surface area contributed by atoms with Crippen LogP contribution in [0.15, 0.2) is 59.8 Å². The third-order valence-electron chi connectivity index (χ3n) is 4.12. The summed E-state index contributed by atoms with van der Waals surface area (Å²) < 4.78 is 0. The molecule has 26 heavy (non-hydrogen) atoms. The number of fused-ring (bicyclic) bond motifs is 2. The number of aryl methyl sites for hydroxylation is 1. The lowest BCUT2D eigenvalue weighted by Crippen LogP contribution is -2.14. The first-order chi connectivity index (χ1) is 12.6. The number of nitrogens with zero attached hydrogens (tertiary/aromatic N) is 1. The minimum Gasteiger partial charge on any atom is -0.333 e. The maximum Gasteiger partial charge on any atom is 0.234 e. The highest BCUT2D eigenvalue weighted by molar-refractivity contribution is 7.99. The number of halogens is 1. The Balaban J connectivity index is 1.46. The molecule has 0 aliphatic heterocycles. The van der Waals surface area contributed by atoms with Crippen LogP contribution in [0.1, 0.15) is 5.56 Å². The molecule has 0 aliphatic carbocycles. The molecule has 6 heteroatoms. The van der Waals surface area contributed by atoms with Crippen LogP contribution < -0.4 is 5.32 Å². The van der Waals surface area contributed by atoms with Gasteiger partial charge in [-0.1, -0.05) is 53.7 Å². The number of H-pyrrole nitrogens is 1. The zero-order valence-electron chi connectivity index (χ0n) is 14.0. The standard InChI is InChI=1S/C20H16ClN3OS/c1-12-6-7-15(10-16(12)21)22-19(25)11-26-20-23-17-8-13-4-2-3-5-14(13)9-18(17)24-20/h2-10H,11H2,1H3,(H,22,25)(H,23,24). The van der Waals surface area contributed by atoms with Gasteiger partial charge in [0.15, 0.2) is 5.16 Å². The number of benzene rings is 3. The van der Waals surface area contributed by atoms with Gasteiger partial charge in [-0.05, 0) is 47.5 Å². The summed E-state index contributed by atoms with van der Waals surface area (Å²) in [6.45, 7) is 1.93. The number of hydrogen-bond acceptors (Lipinski definition) is 3. The van der Waals surface area contributed by atoms with Crippen LogP contribution in [0.2, 0.25) is 5.02 Å². The first-order valence-electron chi connectivity index (χ1n) is 8.16. The summed E-state index contributed by atoms with van der Waals surface area (Å²) in [6.07, 6.45) is 0. The van der Waals surface area contributed by atoms with Gasteiger partial charge in [-0.15, -0.1) is 0 Å². The molecule has 0 aliphatic rings. The number of nitrogens with one attached hydrogen (secondary N) is 2. The number of rotatable bonds is 4. The van der Waals surface area contributed by atoms with Crippen LogP contribution >= 0.6 is 23.4 Å². The summed E-state index contributed by atoms with van der Waals surface area (Å²) in [6, 6.07) is 17.8. The maximum atomic E-state index is 12.2. The summed E-state index contributed by atoms with van der Waals surface area (Å²) in [5, 5.41) is 6.53. The van der Waals surface area contributed by atoms with Crippen LogP contribution in [0, 0.1) is 6.92 Å². The average Bonchev–Trinajstić information content (AvgIpc) is 3.03. The smallest absolute Gasteiger partial charge is 0.234 e. The van der Waals surface area contributed by atoms with Gasteiger partial charge in [0.2, 0.25) is 5.91 Å². The van der Waals surface area contributed by atoms with E-state index in [4.69, 9.17) is 11.6 Å². The molecule has 0 spiro atoms. The minimum absolute atomic E-state index is 0.0967. The third kappa shape index (κ3) is 3.54. The molecule has 130 valence electrons. The molecule has 4 nitrogen and oxygen atoms in total. The molecule has 4 rings (SSSR count). The molecule has 1 aromatic heterocycles. The summed E-state index contributed by atoms with van der Waals surface area (Å²) in [5.74, 6) is 0.172. The molecule has 1 amide bonds. The fraction of sp³-hybridized carbons (Fsp3) is 0.100. The molecule has 0 unspecified atom stereocenters. The van der Waals surface area contributed by atoms with Crippen molar-refractivity contribution < 1.29 is 4.79 Å². The van der Waals surface area contributed by atoms with Crippen molar-refractivity contribution in [3.05, 3.63) is 65.2 Å². The van der Waals surface area contributed by atoms with Crippen molar-refractivity contribution in [2.75, 3.05) is 11.1 Å². The van der Waals surface area contributed by atoms with Gasteiger partial charge in [0.1, 0.15) is 0 Å². The van der Waals surface area contributed by atoms with Crippen LogP contribution in [0.25, 0.3) is 21.8 Å². The fourth-order valence-corrected chi connectivity index (χ4v) is 3.61. The SMILES string of the molecule is Cc1ccc(NC(=O)CSc2nc3cc4ccccc4cc3[nH]2)cc1Cl. The second-order valence-corrected chi connectivity index (χ2v) is 7.43. The van der Waals surface area contributed by atoms with Gasteiger partial charge in [-0.2, -0.15) is 0 Å². The Morgan fingerprint density at radius 1 is 1.15 bits per heavy atom. The van der Waals surface area contributed by atoms with Crippen molar-refractivity contribution in [3.63, 3.8) is 0 Å². The quantitative estimate of drug-likeness (QED) is 0.465. The Labute approximate surface area is 160 Å². The molecular formula is C20H16ClN3OS. The monoisotopic (exact) mass is 381 g/mol. The van der Waals surface area contributed by atoms with Crippen molar-refractivity contribution >= 4 is 56.8 Å². The zero-order valence-corrected chi connectivity index (χ0v) is 15.6. The van der Waals surface area contributed by atoms with Gasteiger partial charge in [0, 0.05) is 10.7 Å². The van der Waals surface area contributed by atoms with Crippen molar-refractivity contribution in [1.29, 1.82) is 0 Å². The number of amides is 1. The van der Waals surface area contributed by atoms with E-state index in [1.54, 1.807) is 6.07 Å². The van der Waals surface area contributed by atoms with E-state index in [-0.39, 0.29) is 11.7 Å². The number of hydrogen-bond donors (Lipinski definition) is 2. The Hall–Kier alpha value is -2.50. The van der Waals surface area contributed by atoms with E-state index in [0.717, 1.165) is 32.5 Å². The number of carbonyl (C=O) groups excluding carboxylic acids is 1. The summed E-state index contributed by atoms with van der Waals surface area (Å²) >= 11 is 7.46.